The van der Waals surface area contributed by atoms with Crippen LogP contribution in [0, 0.1) is 6.92 Å². The zero-order valence-corrected chi connectivity index (χ0v) is 6.52. The van der Waals surface area contributed by atoms with Crippen molar-refractivity contribution in [2.75, 3.05) is 0 Å². The third-order valence-electron chi connectivity index (χ3n) is 0.905. The van der Waals surface area contributed by atoms with Gasteiger partial charge in [-0.1, -0.05) is 36.5 Å². The lowest BCUT2D eigenvalue weighted by Gasteiger charge is -2.21. The second-order valence-electron chi connectivity index (χ2n) is 1.81. The molecule has 0 rings (SSSR count). The Morgan fingerprint density at radius 2 is 1.60 bits per heavy atom. The van der Waals surface area contributed by atoms with E-state index < -0.39 is 10.5 Å². The highest BCUT2D eigenvalue weighted by Gasteiger charge is 2.51. The average molecular weight is 194 g/mol. The molecule has 0 fully saturated rings. The van der Waals surface area contributed by atoms with E-state index in [0.717, 1.165) is 0 Å². The highest BCUT2D eigenvalue weighted by atomic mass is 35.5. The summed E-state index contributed by atoms with van der Waals surface area (Å²) in [7, 11) is 0. The quantitative estimate of drug-likeness (QED) is 0.591. The van der Waals surface area contributed by atoms with E-state index >= 15 is 0 Å². The number of halogens is 5. The summed E-state index contributed by atoms with van der Waals surface area (Å²) < 4.78 is 32.6. The van der Waals surface area contributed by atoms with Crippen LogP contribution in [0.15, 0.2) is 0 Å². The lowest BCUT2D eigenvalue weighted by molar-refractivity contribution is -0.142. The SMILES string of the molecule is [CH2]CCC(Cl)(Cl)C(F)(F)F. The first-order valence-electron chi connectivity index (χ1n) is 2.55. The molecule has 0 aromatic carbocycles. The van der Waals surface area contributed by atoms with Crippen LogP contribution in [0.3, 0.4) is 0 Å². The van der Waals surface area contributed by atoms with E-state index in [9.17, 15) is 13.2 Å². The molecule has 0 amide bonds. The molecule has 0 unspecified atom stereocenters. The topological polar surface area (TPSA) is 0 Å². The molecule has 0 aromatic rings. The molecule has 0 saturated heterocycles. The molecule has 0 aliphatic heterocycles. The van der Waals surface area contributed by atoms with Gasteiger partial charge in [0.2, 0.25) is 4.33 Å². The van der Waals surface area contributed by atoms with Crippen molar-refractivity contribution in [1.29, 1.82) is 0 Å². The standard InChI is InChI=1S/C5H6Cl2F3/c1-2-3-4(6,7)5(8,9)10/h1-3H2. The van der Waals surface area contributed by atoms with Gasteiger partial charge in [0.25, 0.3) is 0 Å². The van der Waals surface area contributed by atoms with Crippen molar-refractivity contribution in [3.8, 4) is 0 Å². The molecule has 0 aliphatic rings. The molecule has 0 nitrogen and oxygen atoms in total. The predicted molar refractivity (Wildman–Crippen MR) is 35.1 cm³/mol. The molecule has 0 atom stereocenters. The van der Waals surface area contributed by atoms with Crippen LogP contribution in [0.4, 0.5) is 13.2 Å². The Hall–Kier alpha value is 0.370. The summed E-state index contributed by atoms with van der Waals surface area (Å²) in [4.78, 5) is 0. The zero-order chi connectivity index (χ0) is 8.41. The molecule has 0 saturated carbocycles. The Bertz CT molecular complexity index is 108. The minimum absolute atomic E-state index is 0.0620. The summed E-state index contributed by atoms with van der Waals surface area (Å²) in [6.45, 7) is 3.22. The largest absolute Gasteiger partial charge is 0.421 e. The summed E-state index contributed by atoms with van der Waals surface area (Å²) in [5, 5.41) is 0. The zero-order valence-electron chi connectivity index (χ0n) is 5.01. The fraction of sp³-hybridized carbons (Fsp3) is 0.800. The lowest BCUT2D eigenvalue weighted by atomic mass is 10.2. The fourth-order valence-electron chi connectivity index (χ4n) is 0.364. The van der Waals surface area contributed by atoms with Crippen LogP contribution in [-0.4, -0.2) is 10.5 Å². The molecule has 0 bridgehead atoms. The summed E-state index contributed by atoms with van der Waals surface area (Å²) in [6.07, 6.45) is -4.88. The van der Waals surface area contributed by atoms with Crippen molar-refractivity contribution in [1.82, 2.24) is 0 Å². The third kappa shape index (κ3) is 2.54. The summed E-state index contributed by atoms with van der Waals surface area (Å²) in [5.74, 6) is 0. The second kappa shape index (κ2) is 3.18. The van der Waals surface area contributed by atoms with E-state index in [1.807, 2.05) is 0 Å². The summed E-state index contributed by atoms with van der Waals surface area (Å²) in [5.41, 5.74) is 0. The van der Waals surface area contributed by atoms with Gasteiger partial charge in [-0.3, -0.25) is 0 Å². The van der Waals surface area contributed by atoms with Gasteiger partial charge >= 0.3 is 6.18 Å². The maximum atomic E-state index is 11.7. The number of hydrogen-bond donors (Lipinski definition) is 0. The molecule has 0 heterocycles. The molecule has 0 N–H and O–H groups in total. The third-order valence-corrected chi connectivity index (χ3v) is 1.71. The number of hydrogen-bond acceptors (Lipinski definition) is 0. The highest BCUT2D eigenvalue weighted by Crippen LogP contribution is 2.42. The van der Waals surface area contributed by atoms with Crippen molar-refractivity contribution in [2.45, 2.75) is 23.4 Å². The van der Waals surface area contributed by atoms with Crippen molar-refractivity contribution in [3.63, 3.8) is 0 Å². The van der Waals surface area contributed by atoms with Gasteiger partial charge in [0.15, 0.2) is 0 Å². The van der Waals surface area contributed by atoms with E-state index in [1.54, 1.807) is 0 Å². The predicted octanol–water partition coefficient (Wildman–Crippen LogP) is 3.34. The minimum Gasteiger partial charge on any atom is -0.168 e. The number of rotatable bonds is 2. The first-order valence-corrected chi connectivity index (χ1v) is 3.30. The molecular formula is C5H6Cl2F3. The first kappa shape index (κ1) is 10.4. The van der Waals surface area contributed by atoms with Gasteiger partial charge in [-0.05, 0) is 6.42 Å². The van der Waals surface area contributed by atoms with E-state index in [4.69, 9.17) is 23.2 Å². The van der Waals surface area contributed by atoms with Crippen molar-refractivity contribution in [3.05, 3.63) is 6.92 Å². The van der Waals surface area contributed by atoms with Crippen LogP contribution >= 0.6 is 23.2 Å². The number of alkyl halides is 5. The van der Waals surface area contributed by atoms with Crippen LogP contribution in [0.25, 0.3) is 0 Å². The molecular weight excluding hydrogens is 188 g/mol. The Balaban J connectivity index is 4.10. The van der Waals surface area contributed by atoms with Gasteiger partial charge in [0, 0.05) is 0 Å². The smallest absolute Gasteiger partial charge is 0.168 e. The van der Waals surface area contributed by atoms with Gasteiger partial charge in [-0.25, -0.2) is 0 Å². The van der Waals surface area contributed by atoms with Gasteiger partial charge in [-0.2, -0.15) is 13.2 Å². The van der Waals surface area contributed by atoms with Gasteiger partial charge < -0.3 is 0 Å². The van der Waals surface area contributed by atoms with E-state index in [-0.39, 0.29) is 12.8 Å². The van der Waals surface area contributed by atoms with E-state index in [2.05, 4.69) is 6.92 Å². The van der Waals surface area contributed by atoms with Crippen molar-refractivity contribution in [2.24, 2.45) is 0 Å². The van der Waals surface area contributed by atoms with Crippen LogP contribution < -0.4 is 0 Å². The Morgan fingerprint density at radius 1 is 1.20 bits per heavy atom. The lowest BCUT2D eigenvalue weighted by Crippen LogP contribution is -2.33. The molecule has 5 heteroatoms. The van der Waals surface area contributed by atoms with E-state index in [0.29, 0.717) is 0 Å². The van der Waals surface area contributed by atoms with Gasteiger partial charge in [0.1, 0.15) is 0 Å². The summed E-state index contributed by atoms with van der Waals surface area (Å²) in [6, 6.07) is 0. The first-order chi connectivity index (χ1) is 4.31. The van der Waals surface area contributed by atoms with Crippen molar-refractivity contribution >= 4 is 23.2 Å². The minimum atomic E-state index is -4.56. The normalized spacial score (nSPS) is 13.8. The second-order valence-corrected chi connectivity index (χ2v) is 3.29. The Labute approximate surface area is 67.3 Å². The molecule has 0 aliphatic carbocycles. The van der Waals surface area contributed by atoms with Gasteiger partial charge in [-0.15, -0.1) is 0 Å². The van der Waals surface area contributed by atoms with Crippen LogP contribution in [0.1, 0.15) is 12.8 Å². The molecule has 10 heavy (non-hydrogen) atoms. The fourth-order valence-corrected chi connectivity index (χ4v) is 0.631. The molecule has 1 radical (unpaired) electrons. The monoisotopic (exact) mass is 193 g/mol. The van der Waals surface area contributed by atoms with Gasteiger partial charge in [0.05, 0.1) is 0 Å². The molecule has 61 valence electrons. The maximum absolute atomic E-state index is 11.7. The summed E-state index contributed by atoms with van der Waals surface area (Å²) >= 11 is 9.83. The highest BCUT2D eigenvalue weighted by molar-refractivity contribution is 6.49. The van der Waals surface area contributed by atoms with Crippen LogP contribution in [0.2, 0.25) is 0 Å². The average Bonchev–Trinajstić information content (AvgIpc) is 1.61. The van der Waals surface area contributed by atoms with Crippen molar-refractivity contribution < 1.29 is 13.2 Å². The molecule has 0 aromatic heterocycles. The van der Waals surface area contributed by atoms with Crippen LogP contribution in [-0.2, 0) is 0 Å². The van der Waals surface area contributed by atoms with Crippen LogP contribution in [0.5, 0.6) is 0 Å². The maximum Gasteiger partial charge on any atom is 0.421 e. The Kier molecular flexibility index (Phi) is 3.30. The van der Waals surface area contributed by atoms with E-state index in [1.165, 1.54) is 0 Å². The Morgan fingerprint density at radius 3 is 1.70 bits per heavy atom. The molecule has 0 spiro atoms.